The van der Waals surface area contributed by atoms with E-state index in [1.807, 2.05) is 0 Å². The Hall–Kier alpha value is -5.40. The van der Waals surface area contributed by atoms with Gasteiger partial charge >= 0.3 is 0 Å². The van der Waals surface area contributed by atoms with Crippen LogP contribution in [0.15, 0.2) is 152 Å². The largest absolute Gasteiger partial charge is 0.310 e. The first-order valence-electron chi connectivity index (χ1n) is 22.6. The predicted molar refractivity (Wildman–Crippen MR) is 241 cm³/mol. The van der Waals surface area contributed by atoms with Crippen LogP contribution in [0.5, 0.6) is 0 Å². The van der Waals surface area contributed by atoms with E-state index in [0.29, 0.717) is 0 Å². The minimum Gasteiger partial charge on any atom is -0.310 e. The van der Waals surface area contributed by atoms with Gasteiger partial charge in [0.2, 0.25) is 0 Å². The van der Waals surface area contributed by atoms with Gasteiger partial charge in [0, 0.05) is 27.9 Å². The van der Waals surface area contributed by atoms with Crippen molar-refractivity contribution in [2.24, 2.45) is 23.7 Å². The van der Waals surface area contributed by atoms with Gasteiger partial charge in [-0.3, -0.25) is 0 Å². The number of anilines is 3. The van der Waals surface area contributed by atoms with Gasteiger partial charge in [0.25, 0.3) is 0 Å². The first-order valence-corrected chi connectivity index (χ1v) is 22.6. The molecule has 5 saturated carbocycles. The highest BCUT2D eigenvalue weighted by molar-refractivity contribution is 5.90. The van der Waals surface area contributed by atoms with Crippen molar-refractivity contribution in [2.75, 3.05) is 4.90 Å². The molecule has 2 spiro atoms. The zero-order chi connectivity index (χ0) is 38.0. The van der Waals surface area contributed by atoms with Crippen molar-refractivity contribution in [3.63, 3.8) is 0 Å². The van der Waals surface area contributed by atoms with Crippen LogP contribution in [0.4, 0.5) is 17.1 Å². The normalized spacial score (nSPS) is 25.4. The van der Waals surface area contributed by atoms with E-state index in [-0.39, 0.29) is 10.8 Å². The Labute approximate surface area is 343 Å². The molecular formula is C57H51N. The van der Waals surface area contributed by atoms with Crippen molar-refractivity contribution in [3.05, 3.63) is 174 Å². The van der Waals surface area contributed by atoms with Crippen molar-refractivity contribution in [1.29, 1.82) is 0 Å². The molecule has 284 valence electrons. The number of benzene rings is 7. The Kier molecular flexibility index (Phi) is 7.26. The highest BCUT2D eigenvalue weighted by Crippen LogP contribution is 2.68. The average molecular weight is 750 g/mol. The maximum atomic E-state index is 2.69. The lowest BCUT2D eigenvalue weighted by atomic mass is 9.51. The van der Waals surface area contributed by atoms with Gasteiger partial charge in [0.15, 0.2) is 0 Å². The van der Waals surface area contributed by atoms with Gasteiger partial charge in [-0.1, -0.05) is 135 Å². The fraction of sp³-hybridized carbons (Fsp3) is 0.298. The van der Waals surface area contributed by atoms with Gasteiger partial charge in [-0.2, -0.15) is 0 Å². The Morgan fingerprint density at radius 1 is 0.397 bits per heavy atom. The Morgan fingerprint density at radius 3 is 1.81 bits per heavy atom. The van der Waals surface area contributed by atoms with Crippen molar-refractivity contribution < 1.29 is 0 Å². The lowest BCUT2D eigenvalue weighted by molar-refractivity contribution is 0.0618. The minimum absolute atomic E-state index is 0.105. The first kappa shape index (κ1) is 33.6. The monoisotopic (exact) mass is 749 g/mol. The van der Waals surface area contributed by atoms with Gasteiger partial charge < -0.3 is 4.90 Å². The fourth-order valence-corrected chi connectivity index (χ4v) is 14.3. The molecule has 7 aromatic rings. The SMILES string of the molecule is c1ccc2c(c1)-c1ccc(N(c3ccc(-c4ccc5ccccc5c4)cc3)c3ccc4c(c3)C3(c5ccccc5-4)C4CCC5CC(C4)CC3C5)cc1C21CCCCC1. The quantitative estimate of drug-likeness (QED) is 0.173. The second-order valence-corrected chi connectivity index (χ2v) is 19.2. The van der Waals surface area contributed by atoms with Crippen LogP contribution in [0.2, 0.25) is 0 Å². The van der Waals surface area contributed by atoms with E-state index >= 15 is 0 Å². The summed E-state index contributed by atoms with van der Waals surface area (Å²) in [4.78, 5) is 2.62. The molecule has 0 radical (unpaired) electrons. The molecule has 7 aliphatic carbocycles. The molecule has 4 bridgehead atoms. The molecule has 5 atom stereocenters. The number of fused-ring (bicyclic) bond motifs is 10. The summed E-state index contributed by atoms with van der Waals surface area (Å²) in [7, 11) is 0. The van der Waals surface area contributed by atoms with Crippen LogP contribution in [-0.4, -0.2) is 0 Å². The van der Waals surface area contributed by atoms with E-state index in [0.717, 1.165) is 23.7 Å². The second kappa shape index (κ2) is 12.6. The summed E-state index contributed by atoms with van der Waals surface area (Å²) in [6, 6.07) is 59.2. The number of hydrogen-bond acceptors (Lipinski definition) is 1. The van der Waals surface area contributed by atoms with E-state index < -0.39 is 0 Å². The Bertz CT molecular complexity index is 2760. The lowest BCUT2D eigenvalue weighted by Crippen LogP contribution is -2.48. The number of nitrogens with zero attached hydrogens (tertiary/aromatic N) is 1. The summed E-state index contributed by atoms with van der Waals surface area (Å²) >= 11 is 0. The van der Waals surface area contributed by atoms with Crippen LogP contribution in [0.3, 0.4) is 0 Å². The topological polar surface area (TPSA) is 3.24 Å². The summed E-state index contributed by atoms with van der Waals surface area (Å²) in [6.07, 6.45) is 14.9. The number of rotatable bonds is 4. The van der Waals surface area contributed by atoms with Gasteiger partial charge in [-0.05, 0) is 177 Å². The highest BCUT2D eigenvalue weighted by atomic mass is 15.1. The zero-order valence-corrected chi connectivity index (χ0v) is 33.5. The molecule has 5 unspecified atom stereocenters. The average Bonchev–Trinajstić information content (AvgIpc) is 3.60. The van der Waals surface area contributed by atoms with E-state index in [2.05, 4.69) is 157 Å². The van der Waals surface area contributed by atoms with Crippen molar-refractivity contribution in [1.82, 2.24) is 0 Å². The summed E-state index contributed by atoms with van der Waals surface area (Å²) in [5.74, 6) is 3.28. The molecule has 0 heterocycles. The van der Waals surface area contributed by atoms with E-state index in [9.17, 15) is 0 Å². The maximum Gasteiger partial charge on any atom is 0.0465 e. The molecule has 0 saturated heterocycles. The minimum atomic E-state index is 0.105. The molecule has 0 aliphatic heterocycles. The third-order valence-electron chi connectivity index (χ3n) is 16.5. The van der Waals surface area contributed by atoms with E-state index in [4.69, 9.17) is 0 Å². The molecule has 0 aromatic heterocycles. The summed E-state index contributed by atoms with van der Waals surface area (Å²) in [5, 5.41) is 2.57. The van der Waals surface area contributed by atoms with Crippen LogP contribution in [-0.2, 0) is 10.8 Å². The Morgan fingerprint density at radius 2 is 1.00 bits per heavy atom. The van der Waals surface area contributed by atoms with Crippen LogP contribution in [0.25, 0.3) is 44.2 Å². The van der Waals surface area contributed by atoms with Crippen molar-refractivity contribution in [2.45, 2.75) is 81.5 Å². The second-order valence-electron chi connectivity index (χ2n) is 19.2. The van der Waals surface area contributed by atoms with Crippen LogP contribution in [0, 0.1) is 23.7 Å². The van der Waals surface area contributed by atoms with Crippen molar-refractivity contribution >= 4 is 27.8 Å². The first-order chi connectivity index (χ1) is 28.7. The molecule has 58 heavy (non-hydrogen) atoms. The predicted octanol–water partition coefficient (Wildman–Crippen LogP) is 15.3. The smallest absolute Gasteiger partial charge is 0.0465 e. The summed E-state index contributed by atoms with van der Waals surface area (Å²) in [6.45, 7) is 0. The maximum absolute atomic E-state index is 2.69. The van der Waals surface area contributed by atoms with Gasteiger partial charge in [-0.25, -0.2) is 0 Å². The van der Waals surface area contributed by atoms with Gasteiger partial charge in [0.05, 0.1) is 0 Å². The van der Waals surface area contributed by atoms with Crippen LogP contribution in [0.1, 0.15) is 92.9 Å². The summed E-state index contributed by atoms with van der Waals surface area (Å²) in [5.41, 5.74) is 18.8. The van der Waals surface area contributed by atoms with Gasteiger partial charge in [0.1, 0.15) is 0 Å². The molecule has 1 nitrogen and oxygen atoms in total. The zero-order valence-electron chi connectivity index (χ0n) is 33.5. The highest BCUT2D eigenvalue weighted by Gasteiger charge is 2.59. The van der Waals surface area contributed by atoms with Crippen LogP contribution < -0.4 is 4.90 Å². The van der Waals surface area contributed by atoms with Crippen molar-refractivity contribution in [3.8, 4) is 33.4 Å². The Balaban J connectivity index is 0.997. The molecule has 0 N–H and O–H groups in total. The summed E-state index contributed by atoms with van der Waals surface area (Å²) < 4.78 is 0. The third-order valence-corrected chi connectivity index (χ3v) is 16.5. The molecule has 5 fully saturated rings. The van der Waals surface area contributed by atoms with Gasteiger partial charge in [-0.15, -0.1) is 0 Å². The standard InChI is InChI=1S/C57H51N/c1-8-28-56(29-9-1)52-14-6-4-12-48(52)50-26-24-46(35-54(50)56)58(45-22-19-40(20-23-45)42-18-17-39-10-2-3-11-41(39)34-42)47-25-27-51-49-13-5-7-15-53(49)57(55(51)36-47)43-21-16-37-30-38(32-43)33-44(57)31-37/h2-7,10-15,17-20,22-27,34-38,43-44H,1,8-9,16,21,28-33H2. The lowest BCUT2D eigenvalue weighted by Gasteiger charge is -2.53. The van der Waals surface area contributed by atoms with E-state index in [1.165, 1.54) is 132 Å². The molecule has 1 heteroatoms. The molecule has 7 aliphatic rings. The molecule has 7 aromatic carbocycles. The molecule has 0 amide bonds. The molecular weight excluding hydrogens is 699 g/mol. The third kappa shape index (κ3) is 4.65. The van der Waals surface area contributed by atoms with E-state index in [1.54, 1.807) is 22.3 Å². The number of hydrogen-bond donors (Lipinski definition) is 0. The van der Waals surface area contributed by atoms with Crippen LogP contribution >= 0.6 is 0 Å². The molecule has 14 rings (SSSR count). The fourth-order valence-electron chi connectivity index (χ4n) is 14.3.